The van der Waals surface area contributed by atoms with E-state index in [0.29, 0.717) is 37.5 Å². The largest absolute Gasteiger partial charge is 0.466 e. The lowest BCUT2D eigenvalue weighted by molar-refractivity contribution is -0.143. The van der Waals surface area contributed by atoms with Crippen molar-refractivity contribution in [3.05, 3.63) is 128 Å². The van der Waals surface area contributed by atoms with Gasteiger partial charge in [-0.25, -0.2) is 0 Å². The van der Waals surface area contributed by atoms with Crippen molar-refractivity contribution in [2.24, 2.45) is 10.1 Å². The molecule has 2 aromatic carbocycles. The van der Waals surface area contributed by atoms with Gasteiger partial charge in [-0.3, -0.25) is 24.2 Å². The van der Waals surface area contributed by atoms with Crippen molar-refractivity contribution >= 4 is 40.3 Å². The number of benzene rings is 2. The van der Waals surface area contributed by atoms with Crippen LogP contribution in [0.4, 0.5) is 0 Å². The summed E-state index contributed by atoms with van der Waals surface area (Å²) in [4.78, 5) is 30.8. The fourth-order valence-corrected chi connectivity index (χ4v) is 8.35. The van der Waals surface area contributed by atoms with Crippen LogP contribution in [-0.2, 0) is 33.9 Å². The topological polar surface area (TPSA) is 107 Å². The van der Waals surface area contributed by atoms with Gasteiger partial charge in [-0.05, 0) is 75.4 Å². The quantitative estimate of drug-likeness (QED) is 0.0564. The standard InChI is InChI=1S/C39H40ClN7O3S/c1-4-49-34(48)16-7-8-20-50-45-36(29-13-10-18-41-22-29)28-12-9-11-27(21-28)23-46-19-17-31-33(24-46)51-39-35(31)37(30-14-5-6-15-32(30)40)42-25(2)38-44-43-26(3)47(38)39/h5-6,9-15,18,21-22,25H,4,7-8,16-17,19-20,23-24H2,1-3H3. The zero-order valence-corrected chi connectivity index (χ0v) is 30.6. The Kier molecular flexibility index (Phi) is 10.7. The highest BCUT2D eigenvalue weighted by Crippen LogP contribution is 2.42. The van der Waals surface area contributed by atoms with Crippen LogP contribution in [0.3, 0.4) is 0 Å². The minimum absolute atomic E-state index is 0.165. The summed E-state index contributed by atoms with van der Waals surface area (Å²) < 4.78 is 7.21. The summed E-state index contributed by atoms with van der Waals surface area (Å²) in [6.07, 6.45) is 6.20. The molecule has 0 aliphatic carbocycles. The molecule has 1 atom stereocenters. The Morgan fingerprint density at radius 3 is 2.76 bits per heavy atom. The molecule has 0 fully saturated rings. The monoisotopic (exact) mass is 721 g/mol. The Bertz CT molecular complexity index is 2090. The van der Waals surface area contributed by atoms with Crippen molar-refractivity contribution in [2.75, 3.05) is 19.8 Å². The molecule has 3 aromatic heterocycles. The average molecular weight is 722 g/mol. The van der Waals surface area contributed by atoms with Gasteiger partial charge >= 0.3 is 5.97 Å². The molecule has 2 aliphatic heterocycles. The summed E-state index contributed by atoms with van der Waals surface area (Å²) in [6, 6.07) is 20.2. The van der Waals surface area contributed by atoms with Crippen LogP contribution in [0.15, 0.2) is 83.2 Å². The summed E-state index contributed by atoms with van der Waals surface area (Å²) >= 11 is 8.60. The molecule has 5 heterocycles. The van der Waals surface area contributed by atoms with E-state index in [0.717, 1.165) is 76.4 Å². The van der Waals surface area contributed by atoms with E-state index >= 15 is 0 Å². The van der Waals surface area contributed by atoms with Gasteiger partial charge in [-0.1, -0.05) is 53.2 Å². The number of unbranched alkanes of at least 4 members (excludes halogenated alkanes) is 1. The summed E-state index contributed by atoms with van der Waals surface area (Å²) in [5.74, 6) is 1.51. The Morgan fingerprint density at radius 1 is 1.08 bits per heavy atom. The maximum Gasteiger partial charge on any atom is 0.305 e. The lowest BCUT2D eigenvalue weighted by Gasteiger charge is -2.27. The molecule has 0 N–H and O–H groups in total. The number of nitrogens with zero attached hydrogens (tertiary/aromatic N) is 7. The summed E-state index contributed by atoms with van der Waals surface area (Å²) in [6.45, 7) is 9.19. The van der Waals surface area contributed by atoms with Crippen LogP contribution in [0.2, 0.25) is 5.02 Å². The van der Waals surface area contributed by atoms with Gasteiger partial charge in [0.2, 0.25) is 0 Å². The van der Waals surface area contributed by atoms with E-state index in [-0.39, 0.29) is 12.0 Å². The van der Waals surface area contributed by atoms with Crippen molar-refractivity contribution in [3.63, 3.8) is 0 Å². The number of pyridine rings is 1. The van der Waals surface area contributed by atoms with Gasteiger partial charge < -0.3 is 9.57 Å². The summed E-state index contributed by atoms with van der Waals surface area (Å²) in [5, 5.41) is 15.3. The third kappa shape index (κ3) is 7.51. The highest BCUT2D eigenvalue weighted by molar-refractivity contribution is 7.15. The number of carbonyl (C=O) groups is 1. The number of ether oxygens (including phenoxy) is 1. The molecule has 7 rings (SSSR count). The molecule has 0 spiro atoms. The van der Waals surface area contributed by atoms with Crippen LogP contribution in [0, 0.1) is 6.92 Å². The van der Waals surface area contributed by atoms with E-state index < -0.39 is 0 Å². The number of rotatable bonds is 12. The Hall–Kier alpha value is -4.71. The fraction of sp³-hybridized carbons (Fsp3) is 0.333. The molecule has 5 aromatic rings. The zero-order valence-electron chi connectivity index (χ0n) is 29.0. The van der Waals surface area contributed by atoms with Crippen LogP contribution in [0.1, 0.15) is 89.1 Å². The number of hydrogen-bond acceptors (Lipinski definition) is 10. The molecular formula is C39H40ClN7O3S. The first-order valence-corrected chi connectivity index (χ1v) is 18.6. The van der Waals surface area contributed by atoms with Crippen molar-refractivity contribution in [3.8, 4) is 5.00 Å². The number of esters is 1. The maximum atomic E-state index is 11.7. The number of fused-ring (bicyclic) bond motifs is 5. The molecule has 10 nitrogen and oxygen atoms in total. The number of hydrogen-bond donors (Lipinski definition) is 0. The second kappa shape index (κ2) is 15.7. The van der Waals surface area contributed by atoms with Gasteiger partial charge in [0.25, 0.3) is 0 Å². The Labute approximate surface area is 306 Å². The Balaban J connectivity index is 1.12. The number of carbonyl (C=O) groups excluding carboxylic acids is 1. The van der Waals surface area contributed by atoms with Crippen LogP contribution in [-0.4, -0.2) is 61.8 Å². The molecule has 0 saturated carbocycles. The van der Waals surface area contributed by atoms with Crippen molar-refractivity contribution in [1.29, 1.82) is 0 Å². The predicted molar refractivity (Wildman–Crippen MR) is 200 cm³/mol. The summed E-state index contributed by atoms with van der Waals surface area (Å²) in [7, 11) is 0. The minimum Gasteiger partial charge on any atom is -0.466 e. The zero-order chi connectivity index (χ0) is 35.3. The first kappa shape index (κ1) is 34.7. The van der Waals surface area contributed by atoms with Gasteiger partial charge in [0.05, 0.1) is 12.3 Å². The molecule has 0 radical (unpaired) electrons. The Morgan fingerprint density at radius 2 is 1.94 bits per heavy atom. The fourth-order valence-electron chi connectivity index (χ4n) is 6.68. The highest BCUT2D eigenvalue weighted by atomic mass is 35.5. The lowest BCUT2D eigenvalue weighted by atomic mass is 9.95. The molecule has 0 amide bonds. The number of aliphatic imine (C=N–C) groups is 1. The molecular weight excluding hydrogens is 682 g/mol. The van der Waals surface area contributed by atoms with E-state index in [1.807, 2.05) is 44.2 Å². The predicted octanol–water partition coefficient (Wildman–Crippen LogP) is 7.66. The van der Waals surface area contributed by atoms with Gasteiger partial charge in [0, 0.05) is 70.6 Å². The van der Waals surface area contributed by atoms with Crippen molar-refractivity contribution in [1.82, 2.24) is 24.6 Å². The number of oxime groups is 1. The lowest BCUT2D eigenvalue weighted by Crippen LogP contribution is -2.30. The first-order chi connectivity index (χ1) is 24.9. The highest BCUT2D eigenvalue weighted by Gasteiger charge is 2.34. The van der Waals surface area contributed by atoms with Crippen LogP contribution in [0.5, 0.6) is 0 Å². The van der Waals surface area contributed by atoms with Crippen molar-refractivity contribution in [2.45, 2.75) is 65.6 Å². The number of halogens is 1. The summed E-state index contributed by atoms with van der Waals surface area (Å²) in [5.41, 5.74) is 8.08. The third-order valence-corrected chi connectivity index (χ3v) is 10.6. The second-order valence-electron chi connectivity index (χ2n) is 12.7. The number of thiophene rings is 1. The molecule has 0 saturated heterocycles. The number of aromatic nitrogens is 4. The average Bonchev–Trinajstić information content (AvgIpc) is 3.67. The van der Waals surface area contributed by atoms with Crippen molar-refractivity contribution < 1.29 is 14.4 Å². The second-order valence-corrected chi connectivity index (χ2v) is 14.2. The van der Waals surface area contributed by atoms with Gasteiger partial charge in [0.1, 0.15) is 29.2 Å². The molecule has 51 heavy (non-hydrogen) atoms. The van der Waals surface area contributed by atoms with Crippen LogP contribution < -0.4 is 0 Å². The van der Waals surface area contributed by atoms with E-state index in [2.05, 4.69) is 67.1 Å². The van der Waals surface area contributed by atoms with Gasteiger partial charge in [-0.2, -0.15) is 0 Å². The third-order valence-electron chi connectivity index (χ3n) is 9.10. The van der Waals surface area contributed by atoms with Gasteiger partial charge in [0.15, 0.2) is 5.82 Å². The molecule has 2 aliphatic rings. The first-order valence-electron chi connectivity index (χ1n) is 17.4. The van der Waals surface area contributed by atoms with E-state index in [4.69, 9.17) is 26.2 Å². The minimum atomic E-state index is -0.182. The van der Waals surface area contributed by atoms with Crippen LogP contribution >= 0.6 is 22.9 Å². The smallest absolute Gasteiger partial charge is 0.305 e. The molecule has 1 unspecified atom stereocenters. The number of aryl methyl sites for hydroxylation is 1. The van der Waals surface area contributed by atoms with E-state index in [1.165, 1.54) is 16.0 Å². The maximum absolute atomic E-state index is 11.7. The SMILES string of the molecule is CCOC(=O)CCCCON=C(c1cccnc1)c1cccc(CN2CCc3c(sc4c3C(c3ccccc3Cl)=NC(C)c3nnc(C)n3-4)C2)c1. The van der Waals surface area contributed by atoms with Gasteiger partial charge in [-0.15, -0.1) is 21.5 Å². The molecule has 0 bridgehead atoms. The van der Waals surface area contributed by atoms with E-state index in [1.54, 1.807) is 23.7 Å². The van der Waals surface area contributed by atoms with E-state index in [9.17, 15) is 4.79 Å². The molecule has 262 valence electrons. The normalized spacial score (nSPS) is 15.7. The van der Waals surface area contributed by atoms with Crippen LogP contribution in [0.25, 0.3) is 5.00 Å². The molecule has 12 heteroatoms.